The lowest BCUT2D eigenvalue weighted by molar-refractivity contribution is 0.0484. The van der Waals surface area contributed by atoms with Gasteiger partial charge in [-0.15, -0.1) is 0 Å². The minimum atomic E-state index is -0.796. The molecule has 1 aromatic rings. The Balaban J connectivity index is 2.93. The zero-order valence-corrected chi connectivity index (χ0v) is 11.6. The quantitative estimate of drug-likeness (QED) is 0.819. The second kappa shape index (κ2) is 6.39. The standard InChI is InChI=1S/C14H22ClNO/c1-4-5-11-10-12(6-7-13(11)15)14(2,17)8-9-16-3/h6-7,10,16-17H,4-5,8-9H2,1-3H3. The van der Waals surface area contributed by atoms with Gasteiger partial charge in [-0.1, -0.05) is 37.1 Å². The molecular formula is C14H22ClNO. The van der Waals surface area contributed by atoms with Gasteiger partial charge in [0, 0.05) is 5.02 Å². The van der Waals surface area contributed by atoms with E-state index in [0.29, 0.717) is 6.42 Å². The second-order valence-electron chi connectivity index (χ2n) is 4.68. The smallest absolute Gasteiger partial charge is 0.0880 e. The maximum Gasteiger partial charge on any atom is 0.0880 e. The first-order valence-corrected chi connectivity index (χ1v) is 6.55. The van der Waals surface area contributed by atoms with Gasteiger partial charge in [0.1, 0.15) is 0 Å². The van der Waals surface area contributed by atoms with Crippen LogP contribution in [0.1, 0.15) is 37.8 Å². The lowest BCUT2D eigenvalue weighted by Crippen LogP contribution is -2.26. The summed E-state index contributed by atoms with van der Waals surface area (Å²) in [6, 6.07) is 5.83. The SMILES string of the molecule is CCCc1cc(C(C)(O)CCNC)ccc1Cl. The van der Waals surface area contributed by atoms with E-state index in [1.165, 1.54) is 0 Å². The fourth-order valence-corrected chi connectivity index (χ4v) is 2.10. The molecule has 0 fully saturated rings. The van der Waals surface area contributed by atoms with E-state index in [9.17, 15) is 5.11 Å². The molecule has 1 atom stereocenters. The molecule has 1 unspecified atom stereocenters. The molecule has 2 N–H and O–H groups in total. The monoisotopic (exact) mass is 255 g/mol. The van der Waals surface area contributed by atoms with Crippen LogP contribution in [0, 0.1) is 0 Å². The van der Waals surface area contributed by atoms with Crippen molar-refractivity contribution in [3.8, 4) is 0 Å². The number of nitrogens with one attached hydrogen (secondary N) is 1. The first-order chi connectivity index (χ1) is 8.01. The topological polar surface area (TPSA) is 32.3 Å². The van der Waals surface area contributed by atoms with E-state index in [-0.39, 0.29) is 0 Å². The van der Waals surface area contributed by atoms with Crippen LogP contribution in [0.25, 0.3) is 0 Å². The second-order valence-corrected chi connectivity index (χ2v) is 5.09. The summed E-state index contributed by atoms with van der Waals surface area (Å²) in [6.07, 6.45) is 2.70. The highest BCUT2D eigenvalue weighted by Gasteiger charge is 2.22. The molecule has 0 aliphatic heterocycles. The Hall–Kier alpha value is -0.570. The Morgan fingerprint density at radius 2 is 2.12 bits per heavy atom. The molecule has 0 amide bonds. The van der Waals surface area contributed by atoms with Crippen molar-refractivity contribution in [1.82, 2.24) is 5.32 Å². The minimum Gasteiger partial charge on any atom is -0.385 e. The first-order valence-electron chi connectivity index (χ1n) is 6.17. The first kappa shape index (κ1) is 14.5. The van der Waals surface area contributed by atoms with Crippen molar-refractivity contribution in [2.24, 2.45) is 0 Å². The molecule has 3 heteroatoms. The van der Waals surface area contributed by atoms with Crippen molar-refractivity contribution >= 4 is 11.6 Å². The third-order valence-corrected chi connectivity index (χ3v) is 3.42. The summed E-state index contributed by atoms with van der Waals surface area (Å²) >= 11 is 6.14. The maximum atomic E-state index is 10.4. The average Bonchev–Trinajstić information content (AvgIpc) is 2.29. The highest BCUT2D eigenvalue weighted by atomic mass is 35.5. The molecule has 1 aromatic carbocycles. The normalized spacial score (nSPS) is 14.6. The lowest BCUT2D eigenvalue weighted by Gasteiger charge is -2.24. The Morgan fingerprint density at radius 1 is 1.41 bits per heavy atom. The summed E-state index contributed by atoms with van der Waals surface area (Å²) in [5, 5.41) is 14.3. The number of benzene rings is 1. The molecule has 96 valence electrons. The number of halogens is 1. The van der Waals surface area contributed by atoms with E-state index < -0.39 is 5.60 Å². The van der Waals surface area contributed by atoms with Gasteiger partial charge in [0.2, 0.25) is 0 Å². The van der Waals surface area contributed by atoms with Crippen LogP contribution in [-0.2, 0) is 12.0 Å². The fraction of sp³-hybridized carbons (Fsp3) is 0.571. The van der Waals surface area contributed by atoms with Gasteiger partial charge in [0.05, 0.1) is 5.60 Å². The molecule has 0 radical (unpaired) electrons. The molecule has 0 spiro atoms. The molecule has 0 heterocycles. The Morgan fingerprint density at radius 3 is 2.71 bits per heavy atom. The summed E-state index contributed by atoms with van der Waals surface area (Å²) in [7, 11) is 1.89. The van der Waals surface area contributed by atoms with Crippen LogP contribution in [0.2, 0.25) is 5.02 Å². The number of hydrogen-bond donors (Lipinski definition) is 2. The van der Waals surface area contributed by atoms with Crippen molar-refractivity contribution in [3.05, 3.63) is 34.3 Å². The highest BCUT2D eigenvalue weighted by molar-refractivity contribution is 6.31. The number of aliphatic hydroxyl groups is 1. The molecule has 0 bridgehead atoms. The summed E-state index contributed by atoms with van der Waals surface area (Å²) in [4.78, 5) is 0. The predicted molar refractivity (Wildman–Crippen MR) is 73.6 cm³/mol. The van der Waals surface area contributed by atoms with E-state index in [2.05, 4.69) is 12.2 Å². The van der Waals surface area contributed by atoms with Crippen molar-refractivity contribution in [1.29, 1.82) is 0 Å². The predicted octanol–water partition coefficient (Wildman–Crippen LogP) is 3.11. The zero-order chi connectivity index (χ0) is 12.9. The van der Waals surface area contributed by atoms with E-state index in [1.54, 1.807) is 0 Å². The van der Waals surface area contributed by atoms with Crippen molar-refractivity contribution < 1.29 is 5.11 Å². The molecule has 17 heavy (non-hydrogen) atoms. The van der Waals surface area contributed by atoms with E-state index in [1.807, 2.05) is 32.2 Å². The molecule has 0 aliphatic carbocycles. The molecule has 1 rings (SSSR count). The van der Waals surface area contributed by atoms with Crippen molar-refractivity contribution in [3.63, 3.8) is 0 Å². The van der Waals surface area contributed by atoms with E-state index in [4.69, 9.17) is 11.6 Å². The van der Waals surface area contributed by atoms with Crippen LogP contribution >= 0.6 is 11.6 Å². The van der Waals surface area contributed by atoms with Gasteiger partial charge in [-0.05, 0) is 50.6 Å². The zero-order valence-electron chi connectivity index (χ0n) is 10.9. The molecule has 0 saturated heterocycles. The van der Waals surface area contributed by atoms with Crippen LogP contribution in [0.5, 0.6) is 0 Å². The molecule has 2 nitrogen and oxygen atoms in total. The summed E-state index contributed by atoms with van der Waals surface area (Å²) in [5.74, 6) is 0. The molecule has 0 aliphatic rings. The lowest BCUT2D eigenvalue weighted by atomic mass is 9.90. The summed E-state index contributed by atoms with van der Waals surface area (Å²) < 4.78 is 0. The van der Waals surface area contributed by atoms with Crippen LogP contribution in [-0.4, -0.2) is 18.7 Å². The van der Waals surface area contributed by atoms with Gasteiger partial charge in [0.25, 0.3) is 0 Å². The Bertz CT molecular complexity index is 363. The molecule has 0 aromatic heterocycles. The van der Waals surface area contributed by atoms with Gasteiger partial charge in [-0.2, -0.15) is 0 Å². The number of rotatable bonds is 6. The van der Waals surface area contributed by atoms with Gasteiger partial charge in [-0.3, -0.25) is 0 Å². The molecule has 0 saturated carbocycles. The van der Waals surface area contributed by atoms with Gasteiger partial charge < -0.3 is 10.4 Å². The highest BCUT2D eigenvalue weighted by Crippen LogP contribution is 2.28. The van der Waals surface area contributed by atoms with Crippen LogP contribution < -0.4 is 5.32 Å². The largest absolute Gasteiger partial charge is 0.385 e. The van der Waals surface area contributed by atoms with E-state index >= 15 is 0 Å². The van der Waals surface area contributed by atoms with Crippen LogP contribution in [0.4, 0.5) is 0 Å². The number of hydrogen-bond acceptors (Lipinski definition) is 2. The molecular weight excluding hydrogens is 234 g/mol. The summed E-state index contributed by atoms with van der Waals surface area (Å²) in [5.41, 5.74) is 1.27. The Labute approximate surface area is 109 Å². The van der Waals surface area contributed by atoms with Crippen LogP contribution in [0.3, 0.4) is 0 Å². The van der Waals surface area contributed by atoms with E-state index in [0.717, 1.165) is 35.5 Å². The minimum absolute atomic E-state index is 0.691. The van der Waals surface area contributed by atoms with Crippen molar-refractivity contribution in [2.75, 3.05) is 13.6 Å². The van der Waals surface area contributed by atoms with Gasteiger partial charge in [-0.25, -0.2) is 0 Å². The fourth-order valence-electron chi connectivity index (χ4n) is 1.88. The van der Waals surface area contributed by atoms with Crippen LogP contribution in [0.15, 0.2) is 18.2 Å². The third-order valence-electron chi connectivity index (χ3n) is 3.05. The summed E-state index contributed by atoms with van der Waals surface area (Å²) in [6.45, 7) is 4.77. The number of aryl methyl sites for hydroxylation is 1. The third kappa shape index (κ3) is 3.98. The van der Waals surface area contributed by atoms with Crippen molar-refractivity contribution in [2.45, 2.75) is 38.7 Å². The average molecular weight is 256 g/mol. The van der Waals surface area contributed by atoms with Gasteiger partial charge in [0.15, 0.2) is 0 Å². The maximum absolute atomic E-state index is 10.4. The Kier molecular flexibility index (Phi) is 5.44. The van der Waals surface area contributed by atoms with Gasteiger partial charge >= 0.3 is 0 Å².